The van der Waals surface area contributed by atoms with E-state index in [-0.39, 0.29) is 18.5 Å². The average molecular weight is 320 g/mol. The van der Waals surface area contributed by atoms with Crippen LogP contribution in [0.1, 0.15) is 53.5 Å². The number of aryl methyl sites for hydroxylation is 1. The number of fused-ring (bicyclic) bond motifs is 3. The fraction of sp³-hybridized carbons (Fsp3) is 0.556. The van der Waals surface area contributed by atoms with E-state index in [0.29, 0.717) is 17.3 Å². The summed E-state index contributed by atoms with van der Waals surface area (Å²) in [6, 6.07) is 1.74. The van der Waals surface area contributed by atoms with Gasteiger partial charge in [0.25, 0.3) is 5.91 Å². The molecule has 2 aromatic rings. The summed E-state index contributed by atoms with van der Waals surface area (Å²) in [5.74, 6) is -0.875. The molecule has 2 bridgehead atoms. The van der Waals surface area contributed by atoms with Gasteiger partial charge in [0, 0.05) is 40.1 Å². The van der Waals surface area contributed by atoms with E-state index < -0.39 is 43.7 Å². The van der Waals surface area contributed by atoms with Gasteiger partial charge in [-0.3, -0.25) is 9.48 Å². The van der Waals surface area contributed by atoms with Crippen LogP contribution in [0.25, 0.3) is 10.9 Å². The quantitative estimate of drug-likeness (QED) is 0.924. The molecule has 5 nitrogen and oxygen atoms in total. The van der Waals surface area contributed by atoms with Crippen molar-refractivity contribution in [2.45, 2.75) is 50.1 Å². The average Bonchev–Trinajstić information content (AvgIpc) is 3.02. The molecular formula is C18H24N4O. The predicted octanol–water partition coefficient (Wildman–Crippen LogP) is 2.32. The van der Waals surface area contributed by atoms with Crippen LogP contribution < -0.4 is 5.32 Å². The molecule has 0 saturated carbocycles. The summed E-state index contributed by atoms with van der Waals surface area (Å²) >= 11 is 0. The summed E-state index contributed by atoms with van der Waals surface area (Å²) in [4.78, 5) is 14.0. The van der Waals surface area contributed by atoms with E-state index in [9.17, 15) is 4.79 Å². The number of amides is 1. The van der Waals surface area contributed by atoms with Crippen LogP contribution in [0.5, 0.6) is 0 Å². The highest BCUT2D eigenvalue weighted by Gasteiger charge is 2.36. The molecule has 122 valence electrons. The second kappa shape index (κ2) is 5.64. The summed E-state index contributed by atoms with van der Waals surface area (Å²) in [5.41, 5.74) is 0.617. The standard InChI is InChI=1S/C18H24N4O/c1-21-13-6-5-7-14(21)11-12(10-13)19-18(23)17-15-8-3-4-9-16(15)22(2)20-17/h3-4,8-9,12-14H,5-7,10-11H2,1-2H3,(H,19,23)/t13-,14-/m1/s1/i1D3,10D2,11D2,12D. The smallest absolute Gasteiger partial charge is 0.272 e. The van der Waals surface area contributed by atoms with Crippen LogP contribution >= 0.6 is 0 Å². The van der Waals surface area contributed by atoms with Gasteiger partial charge < -0.3 is 10.2 Å². The van der Waals surface area contributed by atoms with Crippen LogP contribution in [0, 0.1) is 0 Å². The van der Waals surface area contributed by atoms with E-state index in [4.69, 9.17) is 11.0 Å². The first-order valence-corrected chi connectivity index (χ1v) is 7.76. The molecule has 0 aliphatic carbocycles. The number of carbonyl (C=O) groups is 1. The number of carbonyl (C=O) groups excluding carboxylic acids is 1. The Morgan fingerprint density at radius 3 is 2.87 bits per heavy atom. The van der Waals surface area contributed by atoms with Crippen LogP contribution in [-0.4, -0.2) is 45.7 Å². The van der Waals surface area contributed by atoms with E-state index in [1.807, 2.05) is 0 Å². The van der Waals surface area contributed by atoms with Crippen molar-refractivity contribution in [3.05, 3.63) is 30.0 Å². The minimum atomic E-state index is -2.72. The third-order valence-corrected chi connectivity index (χ3v) is 4.46. The second-order valence-electron chi connectivity index (χ2n) is 5.98. The third-order valence-electron chi connectivity index (χ3n) is 4.46. The Labute approximate surface area is 147 Å². The maximum Gasteiger partial charge on any atom is 0.272 e. The summed E-state index contributed by atoms with van der Waals surface area (Å²) < 4.78 is 68.5. The van der Waals surface area contributed by atoms with Crippen molar-refractivity contribution in [1.29, 1.82) is 0 Å². The predicted molar refractivity (Wildman–Crippen MR) is 90.4 cm³/mol. The molecule has 0 unspecified atom stereocenters. The summed E-state index contributed by atoms with van der Waals surface area (Å²) in [5, 5.41) is 6.97. The van der Waals surface area contributed by atoms with E-state index in [1.54, 1.807) is 31.3 Å². The molecule has 2 aliphatic rings. The van der Waals surface area contributed by atoms with E-state index in [0.717, 1.165) is 4.90 Å². The Balaban J connectivity index is 1.79. The van der Waals surface area contributed by atoms with Crippen molar-refractivity contribution in [2.75, 3.05) is 6.98 Å². The number of aromatic nitrogens is 2. The van der Waals surface area contributed by atoms with Crippen molar-refractivity contribution in [2.24, 2.45) is 7.05 Å². The summed E-state index contributed by atoms with van der Waals surface area (Å²) in [6.07, 6.45) is -4.61. The number of hydrogen-bond donors (Lipinski definition) is 1. The Morgan fingerprint density at radius 1 is 1.39 bits per heavy atom. The topological polar surface area (TPSA) is 50.2 Å². The SMILES string of the molecule is [2H]C([2H])([2H])N1[C@@H]2CCC[C@@H]1C([2H])([2H])C([2H])(NC(=O)c1nn(C)c3ccccc13)C2([2H])[2H]. The highest BCUT2D eigenvalue weighted by Crippen LogP contribution is 2.32. The highest BCUT2D eigenvalue weighted by atomic mass is 16.2. The number of nitrogens with zero attached hydrogens (tertiary/aromatic N) is 3. The first-order valence-electron chi connectivity index (χ1n) is 11.8. The number of benzene rings is 1. The minimum Gasteiger partial charge on any atom is -0.348 e. The lowest BCUT2D eigenvalue weighted by Gasteiger charge is -2.47. The fourth-order valence-electron chi connectivity index (χ4n) is 3.28. The van der Waals surface area contributed by atoms with Crippen LogP contribution in [0.3, 0.4) is 0 Å². The van der Waals surface area contributed by atoms with E-state index in [1.165, 1.54) is 4.68 Å². The molecule has 2 atom stereocenters. The lowest BCUT2D eigenvalue weighted by atomic mass is 9.82. The molecule has 3 heterocycles. The molecule has 1 amide bonds. The van der Waals surface area contributed by atoms with Gasteiger partial charge in [0.2, 0.25) is 0 Å². The van der Waals surface area contributed by atoms with Crippen LogP contribution in [0.15, 0.2) is 24.3 Å². The van der Waals surface area contributed by atoms with Crippen LogP contribution in [-0.2, 0) is 7.05 Å². The van der Waals surface area contributed by atoms with Gasteiger partial charge in [-0.1, -0.05) is 24.6 Å². The Hall–Kier alpha value is -1.88. The lowest BCUT2D eigenvalue weighted by molar-refractivity contribution is 0.0462. The van der Waals surface area contributed by atoms with Gasteiger partial charge in [-0.05, 0) is 38.6 Å². The maximum absolute atomic E-state index is 13.2. The Morgan fingerprint density at radius 2 is 2.13 bits per heavy atom. The minimum absolute atomic E-state index is 0.0419. The van der Waals surface area contributed by atoms with Gasteiger partial charge in [-0.15, -0.1) is 0 Å². The fourth-order valence-corrected chi connectivity index (χ4v) is 3.28. The molecule has 0 radical (unpaired) electrons. The molecule has 2 aliphatic heterocycles. The molecule has 5 heteroatoms. The van der Waals surface area contributed by atoms with Crippen molar-refractivity contribution in [3.8, 4) is 0 Å². The lowest BCUT2D eigenvalue weighted by Crippen LogP contribution is -2.55. The first-order chi connectivity index (χ1) is 14.2. The van der Waals surface area contributed by atoms with Gasteiger partial charge in [0.1, 0.15) is 0 Å². The van der Waals surface area contributed by atoms with Crippen molar-refractivity contribution >= 4 is 16.8 Å². The molecular weight excluding hydrogens is 288 g/mol. The second-order valence-corrected chi connectivity index (χ2v) is 5.98. The molecule has 2 fully saturated rings. The number of nitrogens with one attached hydrogen (secondary N) is 1. The molecule has 1 aromatic heterocycles. The Kier molecular flexibility index (Phi) is 2.03. The first kappa shape index (κ1) is 8.29. The molecule has 1 N–H and O–H groups in total. The highest BCUT2D eigenvalue weighted by molar-refractivity contribution is 6.04. The van der Waals surface area contributed by atoms with Crippen molar-refractivity contribution in [3.63, 3.8) is 0 Å². The molecule has 2 saturated heterocycles. The third kappa shape index (κ3) is 2.53. The zero-order valence-electron chi connectivity index (χ0n) is 20.8. The normalized spacial score (nSPS) is 41.3. The van der Waals surface area contributed by atoms with Gasteiger partial charge in [0.15, 0.2) is 5.69 Å². The molecule has 1 aromatic carbocycles. The maximum atomic E-state index is 13.2. The molecule has 23 heavy (non-hydrogen) atoms. The number of para-hydroxylation sites is 1. The monoisotopic (exact) mass is 320 g/mol. The van der Waals surface area contributed by atoms with Gasteiger partial charge >= 0.3 is 0 Å². The van der Waals surface area contributed by atoms with E-state index >= 15 is 0 Å². The van der Waals surface area contributed by atoms with E-state index in [2.05, 4.69) is 10.4 Å². The van der Waals surface area contributed by atoms with Gasteiger partial charge in [0.05, 0.1) is 6.89 Å². The summed E-state index contributed by atoms with van der Waals surface area (Å²) in [7, 11) is 1.65. The molecule has 4 rings (SSSR count). The largest absolute Gasteiger partial charge is 0.348 e. The number of rotatable bonds is 2. The zero-order valence-corrected chi connectivity index (χ0v) is 12.8. The van der Waals surface area contributed by atoms with Gasteiger partial charge in [-0.25, -0.2) is 0 Å². The summed E-state index contributed by atoms with van der Waals surface area (Å²) in [6.45, 7) is -2.72. The van der Waals surface area contributed by atoms with Crippen LogP contribution in [0.4, 0.5) is 0 Å². The number of hydrogen-bond acceptors (Lipinski definition) is 3. The Bertz CT molecular complexity index is 1010. The van der Waals surface area contributed by atoms with Crippen molar-refractivity contribution in [1.82, 2.24) is 20.0 Å². The van der Waals surface area contributed by atoms with Crippen LogP contribution in [0.2, 0.25) is 0 Å². The van der Waals surface area contributed by atoms with Gasteiger partial charge in [-0.2, -0.15) is 5.10 Å². The number of piperidine rings is 2. The molecule has 0 spiro atoms. The van der Waals surface area contributed by atoms with Crippen molar-refractivity contribution < 1.29 is 15.8 Å². The zero-order chi connectivity index (χ0) is 23.0.